The van der Waals surface area contributed by atoms with E-state index in [0.717, 1.165) is 19.6 Å². The number of aryl methyl sites for hydroxylation is 1. The van der Waals surface area contributed by atoms with Crippen LogP contribution in [0.4, 0.5) is 0 Å². The molecule has 0 radical (unpaired) electrons. The molecule has 2 nitrogen and oxygen atoms in total. The maximum atomic E-state index is 3.55. The molecule has 1 aromatic carbocycles. The standard InChI is InChI=1S/C17H26N2/c1-14-13-15-7-5-6-8-16(15)19(14)12-11-18-10-9-17(2,3)4/h5-8,13,18H,9-12H2,1-4H3. The lowest BCUT2D eigenvalue weighted by Crippen LogP contribution is -2.24. The minimum atomic E-state index is 0.420. The summed E-state index contributed by atoms with van der Waals surface area (Å²) in [4.78, 5) is 0. The van der Waals surface area contributed by atoms with Crippen LogP contribution in [0.25, 0.3) is 10.9 Å². The molecule has 0 amide bonds. The summed E-state index contributed by atoms with van der Waals surface area (Å²) >= 11 is 0. The molecule has 0 atom stereocenters. The molecule has 1 aromatic heterocycles. The summed E-state index contributed by atoms with van der Waals surface area (Å²) in [6.45, 7) is 12.2. The van der Waals surface area contributed by atoms with E-state index in [4.69, 9.17) is 0 Å². The highest BCUT2D eigenvalue weighted by Gasteiger charge is 2.09. The van der Waals surface area contributed by atoms with Gasteiger partial charge in [-0.15, -0.1) is 0 Å². The van der Waals surface area contributed by atoms with Gasteiger partial charge in [-0.3, -0.25) is 0 Å². The number of hydrogen-bond donors (Lipinski definition) is 1. The van der Waals surface area contributed by atoms with Crippen LogP contribution in [0.15, 0.2) is 30.3 Å². The van der Waals surface area contributed by atoms with Crippen LogP contribution in [0.1, 0.15) is 32.9 Å². The third-order valence-corrected chi connectivity index (χ3v) is 3.58. The van der Waals surface area contributed by atoms with Gasteiger partial charge in [0, 0.05) is 24.3 Å². The molecular formula is C17H26N2. The number of hydrogen-bond acceptors (Lipinski definition) is 1. The minimum Gasteiger partial charge on any atom is -0.344 e. The Labute approximate surface area is 116 Å². The molecule has 0 aliphatic carbocycles. The van der Waals surface area contributed by atoms with Gasteiger partial charge in [0.2, 0.25) is 0 Å². The molecule has 19 heavy (non-hydrogen) atoms. The quantitative estimate of drug-likeness (QED) is 0.803. The maximum Gasteiger partial charge on any atom is 0.0482 e. The summed E-state index contributed by atoms with van der Waals surface area (Å²) in [6.07, 6.45) is 1.22. The van der Waals surface area contributed by atoms with Crippen LogP contribution in [0.5, 0.6) is 0 Å². The number of nitrogens with zero attached hydrogens (tertiary/aromatic N) is 1. The van der Waals surface area contributed by atoms with E-state index in [2.05, 4.69) is 67.9 Å². The van der Waals surface area contributed by atoms with Crippen molar-refractivity contribution in [1.29, 1.82) is 0 Å². The van der Waals surface area contributed by atoms with Crippen molar-refractivity contribution in [2.24, 2.45) is 5.41 Å². The fourth-order valence-corrected chi connectivity index (χ4v) is 2.42. The summed E-state index contributed by atoms with van der Waals surface area (Å²) in [5, 5.41) is 4.89. The molecule has 0 aliphatic rings. The fourth-order valence-electron chi connectivity index (χ4n) is 2.42. The third kappa shape index (κ3) is 3.84. The monoisotopic (exact) mass is 258 g/mol. The van der Waals surface area contributed by atoms with Crippen molar-refractivity contribution >= 4 is 10.9 Å². The first-order valence-electron chi connectivity index (χ1n) is 7.23. The average Bonchev–Trinajstić information content (AvgIpc) is 2.64. The molecule has 0 aliphatic heterocycles. The molecule has 0 spiro atoms. The van der Waals surface area contributed by atoms with Crippen molar-refractivity contribution < 1.29 is 0 Å². The first-order valence-corrected chi connectivity index (χ1v) is 7.23. The van der Waals surface area contributed by atoms with Gasteiger partial charge in [0.15, 0.2) is 0 Å². The zero-order valence-electron chi connectivity index (χ0n) is 12.7. The van der Waals surface area contributed by atoms with Crippen molar-refractivity contribution in [1.82, 2.24) is 9.88 Å². The molecule has 2 aromatic rings. The summed E-state index contributed by atoms with van der Waals surface area (Å²) in [6, 6.07) is 10.9. The number of fused-ring (bicyclic) bond motifs is 1. The summed E-state index contributed by atoms with van der Waals surface area (Å²) in [5.74, 6) is 0. The zero-order chi connectivity index (χ0) is 13.9. The topological polar surface area (TPSA) is 17.0 Å². The van der Waals surface area contributed by atoms with E-state index in [1.807, 2.05) is 0 Å². The second-order valence-electron chi connectivity index (χ2n) is 6.56. The van der Waals surface area contributed by atoms with Gasteiger partial charge >= 0.3 is 0 Å². The van der Waals surface area contributed by atoms with Gasteiger partial charge in [0.1, 0.15) is 0 Å². The van der Waals surface area contributed by atoms with E-state index < -0.39 is 0 Å². The number of benzene rings is 1. The summed E-state index contributed by atoms with van der Waals surface area (Å²) < 4.78 is 2.40. The van der Waals surface area contributed by atoms with E-state index in [9.17, 15) is 0 Å². The number of rotatable bonds is 5. The second kappa shape index (κ2) is 5.79. The second-order valence-corrected chi connectivity index (χ2v) is 6.56. The Bertz CT molecular complexity index is 532. The molecule has 0 fully saturated rings. The van der Waals surface area contributed by atoms with Crippen LogP contribution in [0.3, 0.4) is 0 Å². The number of nitrogens with one attached hydrogen (secondary N) is 1. The maximum absolute atomic E-state index is 3.55. The van der Waals surface area contributed by atoms with Crippen LogP contribution in [0.2, 0.25) is 0 Å². The molecule has 0 unspecified atom stereocenters. The van der Waals surface area contributed by atoms with Gasteiger partial charge in [-0.1, -0.05) is 39.0 Å². The molecule has 1 heterocycles. The highest BCUT2D eigenvalue weighted by Crippen LogP contribution is 2.19. The van der Waals surface area contributed by atoms with E-state index in [1.165, 1.54) is 23.0 Å². The van der Waals surface area contributed by atoms with E-state index >= 15 is 0 Å². The van der Waals surface area contributed by atoms with Gasteiger partial charge in [-0.25, -0.2) is 0 Å². The predicted octanol–water partition coefficient (Wildman–Crippen LogP) is 3.98. The Morgan fingerprint density at radius 3 is 2.58 bits per heavy atom. The predicted molar refractivity (Wildman–Crippen MR) is 83.6 cm³/mol. The van der Waals surface area contributed by atoms with Crippen LogP contribution < -0.4 is 5.32 Å². The van der Waals surface area contributed by atoms with Crippen molar-refractivity contribution in [3.63, 3.8) is 0 Å². The molecule has 2 heteroatoms. The van der Waals surface area contributed by atoms with Crippen LogP contribution in [-0.4, -0.2) is 17.7 Å². The van der Waals surface area contributed by atoms with Gasteiger partial charge in [-0.2, -0.15) is 0 Å². The van der Waals surface area contributed by atoms with Gasteiger partial charge in [0.05, 0.1) is 0 Å². The smallest absolute Gasteiger partial charge is 0.0482 e. The number of aromatic nitrogens is 1. The van der Waals surface area contributed by atoms with Crippen molar-refractivity contribution in [3.8, 4) is 0 Å². The average molecular weight is 258 g/mol. The zero-order valence-corrected chi connectivity index (χ0v) is 12.7. The molecule has 0 saturated heterocycles. The van der Waals surface area contributed by atoms with E-state index in [-0.39, 0.29) is 0 Å². The Morgan fingerprint density at radius 1 is 1.11 bits per heavy atom. The van der Waals surface area contributed by atoms with Crippen LogP contribution in [-0.2, 0) is 6.54 Å². The molecule has 2 rings (SSSR count). The normalized spacial score (nSPS) is 12.2. The van der Waals surface area contributed by atoms with E-state index in [0.29, 0.717) is 5.41 Å². The number of para-hydroxylation sites is 1. The third-order valence-electron chi connectivity index (χ3n) is 3.58. The summed E-state index contributed by atoms with van der Waals surface area (Å²) in [7, 11) is 0. The lowest BCUT2D eigenvalue weighted by Gasteiger charge is -2.18. The van der Waals surface area contributed by atoms with Crippen molar-refractivity contribution in [2.45, 2.75) is 40.7 Å². The largest absolute Gasteiger partial charge is 0.344 e. The van der Waals surface area contributed by atoms with Crippen LogP contribution in [0, 0.1) is 12.3 Å². The fraction of sp³-hybridized carbons (Fsp3) is 0.529. The Balaban J connectivity index is 1.90. The molecule has 0 bridgehead atoms. The van der Waals surface area contributed by atoms with Gasteiger partial charge in [0.25, 0.3) is 0 Å². The van der Waals surface area contributed by atoms with Gasteiger partial charge < -0.3 is 9.88 Å². The van der Waals surface area contributed by atoms with Crippen molar-refractivity contribution in [2.75, 3.05) is 13.1 Å². The lowest BCUT2D eigenvalue weighted by molar-refractivity contribution is 0.365. The Hall–Kier alpha value is -1.28. The molecule has 104 valence electrons. The SMILES string of the molecule is Cc1cc2ccccc2n1CCNCCC(C)(C)C. The Morgan fingerprint density at radius 2 is 1.84 bits per heavy atom. The molecule has 1 N–H and O–H groups in total. The van der Waals surface area contributed by atoms with E-state index in [1.54, 1.807) is 0 Å². The molecule has 0 saturated carbocycles. The Kier molecular flexibility index (Phi) is 4.31. The highest BCUT2D eigenvalue weighted by atomic mass is 15.0. The molecular weight excluding hydrogens is 232 g/mol. The summed E-state index contributed by atoms with van der Waals surface area (Å²) in [5.41, 5.74) is 3.11. The van der Waals surface area contributed by atoms with Gasteiger partial charge in [-0.05, 0) is 42.8 Å². The lowest BCUT2D eigenvalue weighted by atomic mass is 9.92. The van der Waals surface area contributed by atoms with Crippen LogP contribution >= 0.6 is 0 Å². The highest BCUT2D eigenvalue weighted by molar-refractivity contribution is 5.81. The first kappa shape index (κ1) is 14.1. The minimum absolute atomic E-state index is 0.420. The first-order chi connectivity index (χ1) is 8.97. The van der Waals surface area contributed by atoms with Crippen molar-refractivity contribution in [3.05, 3.63) is 36.0 Å².